The number of ether oxygens (including phenoxy) is 2. The molecule has 1 atom stereocenters. The maximum absolute atomic E-state index is 12.9. The maximum Gasteiger partial charge on any atom is 0.260 e. The van der Waals surface area contributed by atoms with Crippen molar-refractivity contribution in [1.29, 1.82) is 0 Å². The summed E-state index contributed by atoms with van der Waals surface area (Å²) in [6, 6.07) is 13.5. The van der Waals surface area contributed by atoms with Gasteiger partial charge in [0.2, 0.25) is 0 Å². The van der Waals surface area contributed by atoms with Crippen molar-refractivity contribution in [1.82, 2.24) is 5.32 Å². The fraction of sp³-hybridized carbons (Fsp3) is 0.350. The largest absolute Gasteiger partial charge is 0.494 e. The summed E-state index contributed by atoms with van der Waals surface area (Å²) in [6.07, 6.45) is 0.990. The molecule has 1 amide bonds. The van der Waals surface area contributed by atoms with Crippen LogP contribution in [-0.4, -0.2) is 25.2 Å². The Bertz CT molecular complexity index is 673. The predicted molar refractivity (Wildman–Crippen MR) is 95.4 cm³/mol. The van der Waals surface area contributed by atoms with E-state index in [-0.39, 0.29) is 11.7 Å². The van der Waals surface area contributed by atoms with E-state index in [1.165, 1.54) is 24.3 Å². The van der Waals surface area contributed by atoms with Crippen molar-refractivity contribution < 1.29 is 18.7 Å². The fourth-order valence-corrected chi connectivity index (χ4v) is 2.41. The molecule has 134 valence electrons. The van der Waals surface area contributed by atoms with Gasteiger partial charge in [0.1, 0.15) is 17.3 Å². The Morgan fingerprint density at radius 1 is 1.16 bits per heavy atom. The van der Waals surface area contributed by atoms with Gasteiger partial charge in [0.05, 0.1) is 6.61 Å². The highest BCUT2D eigenvalue weighted by atomic mass is 19.1. The minimum Gasteiger partial charge on any atom is -0.494 e. The number of carbonyl (C=O) groups excluding carboxylic acids is 1. The Kier molecular flexibility index (Phi) is 7.26. The van der Waals surface area contributed by atoms with Crippen molar-refractivity contribution in [2.75, 3.05) is 13.2 Å². The zero-order chi connectivity index (χ0) is 18.1. The third-order valence-corrected chi connectivity index (χ3v) is 3.69. The van der Waals surface area contributed by atoms with Crippen LogP contribution in [0, 0.1) is 5.82 Å². The average molecular weight is 345 g/mol. The zero-order valence-electron chi connectivity index (χ0n) is 14.6. The molecular weight excluding hydrogens is 321 g/mol. The van der Waals surface area contributed by atoms with Crippen LogP contribution in [-0.2, 0) is 11.2 Å². The van der Waals surface area contributed by atoms with Gasteiger partial charge in [0, 0.05) is 6.54 Å². The predicted octanol–water partition coefficient (Wildman–Crippen LogP) is 3.74. The van der Waals surface area contributed by atoms with Crippen LogP contribution < -0.4 is 14.8 Å². The second-order valence-electron chi connectivity index (χ2n) is 5.65. The van der Waals surface area contributed by atoms with Crippen molar-refractivity contribution >= 4 is 5.91 Å². The number of nitrogens with one attached hydrogen (secondary N) is 1. The summed E-state index contributed by atoms with van der Waals surface area (Å²) in [5.74, 6) is 0.832. The first kappa shape index (κ1) is 18.8. The van der Waals surface area contributed by atoms with E-state index >= 15 is 0 Å². The molecule has 0 saturated carbocycles. The van der Waals surface area contributed by atoms with E-state index < -0.39 is 6.10 Å². The molecule has 2 aromatic carbocycles. The van der Waals surface area contributed by atoms with Gasteiger partial charge in [-0.25, -0.2) is 4.39 Å². The molecule has 0 aromatic heterocycles. The van der Waals surface area contributed by atoms with Gasteiger partial charge in [-0.05, 0) is 62.6 Å². The minimum atomic E-state index is -0.638. The van der Waals surface area contributed by atoms with Crippen molar-refractivity contribution in [3.63, 3.8) is 0 Å². The Morgan fingerprint density at radius 3 is 2.60 bits per heavy atom. The van der Waals surface area contributed by atoms with Crippen LogP contribution in [0.15, 0.2) is 48.5 Å². The van der Waals surface area contributed by atoms with Crippen LogP contribution in [0.3, 0.4) is 0 Å². The third-order valence-electron chi connectivity index (χ3n) is 3.69. The lowest BCUT2D eigenvalue weighted by atomic mass is 10.1. The monoisotopic (exact) mass is 345 g/mol. The first-order chi connectivity index (χ1) is 12.1. The van der Waals surface area contributed by atoms with Gasteiger partial charge in [0.25, 0.3) is 5.91 Å². The molecule has 0 aliphatic carbocycles. The van der Waals surface area contributed by atoms with E-state index in [2.05, 4.69) is 5.32 Å². The highest BCUT2D eigenvalue weighted by Gasteiger charge is 2.14. The molecular formula is C20H24FNO3. The summed E-state index contributed by atoms with van der Waals surface area (Å²) in [6.45, 7) is 4.81. The normalized spacial score (nSPS) is 11.6. The molecule has 0 unspecified atom stereocenters. The fourth-order valence-electron chi connectivity index (χ4n) is 2.41. The highest BCUT2D eigenvalue weighted by Crippen LogP contribution is 2.19. The first-order valence-electron chi connectivity index (χ1n) is 8.50. The van der Waals surface area contributed by atoms with E-state index in [9.17, 15) is 9.18 Å². The molecule has 0 saturated heterocycles. The molecule has 25 heavy (non-hydrogen) atoms. The Balaban J connectivity index is 1.74. The van der Waals surface area contributed by atoms with Gasteiger partial charge in [-0.1, -0.05) is 18.2 Å². The number of benzene rings is 2. The molecule has 0 radical (unpaired) electrons. The number of hydrogen-bond acceptors (Lipinski definition) is 3. The minimum absolute atomic E-state index is 0.192. The first-order valence-corrected chi connectivity index (χ1v) is 8.50. The van der Waals surface area contributed by atoms with E-state index in [4.69, 9.17) is 9.47 Å². The summed E-state index contributed by atoms with van der Waals surface area (Å²) < 4.78 is 24.0. The Labute approximate surface area is 148 Å². The second kappa shape index (κ2) is 9.67. The van der Waals surface area contributed by atoms with E-state index in [0.717, 1.165) is 24.2 Å². The van der Waals surface area contributed by atoms with Crippen LogP contribution in [0.1, 0.15) is 25.8 Å². The van der Waals surface area contributed by atoms with Crippen LogP contribution >= 0.6 is 0 Å². The standard InChI is InChI=1S/C20H24FNO3/c1-3-24-19-9-5-4-7-16(19)8-6-14-22-20(23)15(2)25-18-12-10-17(21)11-13-18/h4-5,7,9-13,15H,3,6,8,14H2,1-2H3,(H,22,23)/t15-/m0/s1. The molecule has 0 bridgehead atoms. The number of aryl methyl sites for hydroxylation is 1. The molecule has 5 heteroatoms. The molecule has 1 N–H and O–H groups in total. The van der Waals surface area contributed by atoms with Gasteiger partial charge in [0.15, 0.2) is 6.10 Å². The van der Waals surface area contributed by atoms with Gasteiger partial charge < -0.3 is 14.8 Å². The lowest BCUT2D eigenvalue weighted by Gasteiger charge is -2.15. The number of para-hydroxylation sites is 1. The van der Waals surface area contributed by atoms with Crippen molar-refractivity contribution in [3.8, 4) is 11.5 Å². The number of amides is 1. The summed E-state index contributed by atoms with van der Waals surface area (Å²) in [7, 11) is 0. The molecule has 2 aromatic rings. The summed E-state index contributed by atoms with van der Waals surface area (Å²) in [5, 5.41) is 2.86. The van der Waals surface area contributed by atoms with Crippen LogP contribution in [0.5, 0.6) is 11.5 Å². The molecule has 0 heterocycles. The number of rotatable bonds is 9. The molecule has 0 aliphatic heterocycles. The molecule has 4 nitrogen and oxygen atoms in total. The van der Waals surface area contributed by atoms with Crippen LogP contribution in [0.25, 0.3) is 0 Å². The van der Waals surface area contributed by atoms with Gasteiger partial charge in [-0.15, -0.1) is 0 Å². The lowest BCUT2D eigenvalue weighted by Crippen LogP contribution is -2.36. The van der Waals surface area contributed by atoms with Gasteiger partial charge in [-0.2, -0.15) is 0 Å². The Morgan fingerprint density at radius 2 is 1.88 bits per heavy atom. The maximum atomic E-state index is 12.9. The van der Waals surface area contributed by atoms with Gasteiger partial charge in [-0.3, -0.25) is 4.79 Å². The molecule has 2 rings (SSSR count). The lowest BCUT2D eigenvalue weighted by molar-refractivity contribution is -0.127. The van der Waals surface area contributed by atoms with E-state index in [0.29, 0.717) is 18.9 Å². The van der Waals surface area contributed by atoms with Crippen LogP contribution in [0.4, 0.5) is 4.39 Å². The van der Waals surface area contributed by atoms with Crippen molar-refractivity contribution in [2.24, 2.45) is 0 Å². The summed E-state index contributed by atoms with van der Waals surface area (Å²) >= 11 is 0. The average Bonchev–Trinajstić information content (AvgIpc) is 2.62. The quantitative estimate of drug-likeness (QED) is 0.704. The Hall–Kier alpha value is -2.56. The topological polar surface area (TPSA) is 47.6 Å². The number of carbonyl (C=O) groups is 1. The van der Waals surface area contributed by atoms with E-state index in [1.54, 1.807) is 6.92 Å². The highest BCUT2D eigenvalue weighted by molar-refractivity contribution is 5.80. The zero-order valence-corrected chi connectivity index (χ0v) is 14.6. The SMILES string of the molecule is CCOc1ccccc1CCCNC(=O)[C@H](C)Oc1ccc(F)cc1. The van der Waals surface area contributed by atoms with Gasteiger partial charge >= 0.3 is 0 Å². The molecule has 0 aliphatic rings. The second-order valence-corrected chi connectivity index (χ2v) is 5.65. The van der Waals surface area contributed by atoms with Crippen LogP contribution in [0.2, 0.25) is 0 Å². The molecule has 0 spiro atoms. The smallest absolute Gasteiger partial charge is 0.260 e. The summed E-state index contributed by atoms with van der Waals surface area (Å²) in [4.78, 5) is 12.1. The third kappa shape index (κ3) is 6.10. The number of hydrogen-bond donors (Lipinski definition) is 1. The van der Waals surface area contributed by atoms with E-state index in [1.807, 2.05) is 31.2 Å². The van der Waals surface area contributed by atoms with Crippen molar-refractivity contribution in [3.05, 3.63) is 59.9 Å². The molecule has 0 fully saturated rings. The van der Waals surface area contributed by atoms with Crippen molar-refractivity contribution in [2.45, 2.75) is 32.8 Å². The summed E-state index contributed by atoms with van der Waals surface area (Å²) in [5.41, 5.74) is 1.13. The number of halogens is 1.